The molecule has 0 fully saturated rings. The van der Waals surface area contributed by atoms with Crippen molar-refractivity contribution in [3.05, 3.63) is 23.8 Å². The molecule has 1 aromatic rings. The van der Waals surface area contributed by atoms with Crippen LogP contribution < -0.4 is 9.47 Å². The first-order valence-electron chi connectivity index (χ1n) is 6.05. The lowest BCUT2D eigenvalue weighted by atomic mass is 9.86. The van der Waals surface area contributed by atoms with Crippen molar-refractivity contribution >= 4 is 0 Å². The Morgan fingerprint density at radius 1 is 1.06 bits per heavy atom. The van der Waals surface area contributed by atoms with Gasteiger partial charge in [0, 0.05) is 6.07 Å². The number of hydrogen-bond donors (Lipinski definition) is 1. The zero-order valence-electron chi connectivity index (χ0n) is 11.1. The summed E-state index contributed by atoms with van der Waals surface area (Å²) in [4.78, 5) is 0. The Balaban J connectivity index is 3.18. The highest BCUT2D eigenvalue weighted by Gasteiger charge is 2.27. The molecule has 0 aliphatic heterocycles. The lowest BCUT2D eigenvalue weighted by Gasteiger charge is -2.27. The summed E-state index contributed by atoms with van der Waals surface area (Å²) in [7, 11) is 3.23. The van der Waals surface area contributed by atoms with Gasteiger partial charge in [0.05, 0.1) is 19.8 Å². The molecule has 3 nitrogen and oxygen atoms in total. The lowest BCUT2D eigenvalue weighted by molar-refractivity contribution is 0.0222. The van der Waals surface area contributed by atoms with E-state index in [-0.39, 0.29) is 0 Å². The second-order valence-corrected chi connectivity index (χ2v) is 4.24. The highest BCUT2D eigenvalue weighted by Crippen LogP contribution is 2.34. The Morgan fingerprint density at radius 2 is 1.59 bits per heavy atom. The van der Waals surface area contributed by atoms with Crippen LogP contribution in [0.1, 0.15) is 38.7 Å². The van der Waals surface area contributed by atoms with Crippen LogP contribution in [0.2, 0.25) is 0 Å². The minimum Gasteiger partial charge on any atom is -0.497 e. The molecule has 1 N–H and O–H groups in total. The first-order chi connectivity index (χ1) is 8.09. The van der Waals surface area contributed by atoms with E-state index >= 15 is 0 Å². The van der Waals surface area contributed by atoms with Crippen LogP contribution in [0.3, 0.4) is 0 Å². The van der Waals surface area contributed by atoms with Gasteiger partial charge in [0.15, 0.2) is 0 Å². The van der Waals surface area contributed by atoms with Crippen molar-refractivity contribution in [2.24, 2.45) is 0 Å². The van der Waals surface area contributed by atoms with Gasteiger partial charge < -0.3 is 14.6 Å². The van der Waals surface area contributed by atoms with Gasteiger partial charge in [-0.2, -0.15) is 0 Å². The van der Waals surface area contributed by atoms with Gasteiger partial charge in [-0.1, -0.05) is 20.3 Å². The summed E-state index contributed by atoms with van der Waals surface area (Å²) in [6.07, 6.45) is 2.35. The predicted molar refractivity (Wildman–Crippen MR) is 68.6 cm³/mol. The third-order valence-corrected chi connectivity index (χ3v) is 3.14. The molecule has 1 aromatic carbocycles. The fraction of sp³-hybridized carbons (Fsp3) is 0.571. The predicted octanol–water partition coefficient (Wildman–Crippen LogP) is 3.10. The third kappa shape index (κ3) is 3.13. The topological polar surface area (TPSA) is 38.7 Å². The Hall–Kier alpha value is -1.22. The van der Waals surface area contributed by atoms with Crippen LogP contribution in [0, 0.1) is 0 Å². The van der Waals surface area contributed by atoms with E-state index in [1.165, 1.54) is 0 Å². The average Bonchev–Trinajstić information content (AvgIpc) is 2.38. The first kappa shape index (κ1) is 13.8. The van der Waals surface area contributed by atoms with Gasteiger partial charge in [-0.25, -0.2) is 0 Å². The standard InChI is InChI=1S/C14H22O3/c1-5-7-14(15,6-2)11-8-12(16-3)10-13(9-11)17-4/h8-10,15H,5-7H2,1-4H3. The SMILES string of the molecule is CCCC(O)(CC)c1cc(OC)cc(OC)c1. The molecule has 0 heterocycles. The molecule has 0 amide bonds. The average molecular weight is 238 g/mol. The second kappa shape index (κ2) is 5.92. The van der Waals surface area contributed by atoms with Crippen LogP contribution in [-0.2, 0) is 5.60 Å². The normalized spacial score (nSPS) is 14.2. The van der Waals surface area contributed by atoms with Crippen LogP contribution in [0.25, 0.3) is 0 Å². The van der Waals surface area contributed by atoms with Gasteiger partial charge in [-0.15, -0.1) is 0 Å². The Labute approximate surface area is 103 Å². The lowest BCUT2D eigenvalue weighted by Crippen LogP contribution is -2.24. The summed E-state index contributed by atoms with van der Waals surface area (Å²) in [5, 5.41) is 10.6. The summed E-state index contributed by atoms with van der Waals surface area (Å²) in [6.45, 7) is 4.06. The molecule has 0 aliphatic carbocycles. The summed E-state index contributed by atoms with van der Waals surface area (Å²) >= 11 is 0. The first-order valence-corrected chi connectivity index (χ1v) is 6.05. The zero-order valence-corrected chi connectivity index (χ0v) is 11.1. The van der Waals surface area contributed by atoms with Crippen molar-refractivity contribution < 1.29 is 14.6 Å². The van der Waals surface area contributed by atoms with Crippen molar-refractivity contribution in [3.8, 4) is 11.5 Å². The van der Waals surface area contributed by atoms with Crippen molar-refractivity contribution in [1.29, 1.82) is 0 Å². The minimum atomic E-state index is -0.795. The molecule has 0 saturated heterocycles. The van der Waals surface area contributed by atoms with Crippen molar-refractivity contribution in [1.82, 2.24) is 0 Å². The van der Waals surface area contributed by atoms with Crippen LogP contribution in [0.5, 0.6) is 11.5 Å². The maximum Gasteiger partial charge on any atom is 0.122 e. The fourth-order valence-electron chi connectivity index (χ4n) is 2.01. The molecule has 3 heteroatoms. The summed E-state index contributed by atoms with van der Waals surface area (Å²) < 4.78 is 10.4. The van der Waals surface area contributed by atoms with Crippen LogP contribution in [-0.4, -0.2) is 19.3 Å². The molecule has 0 aromatic heterocycles. The van der Waals surface area contributed by atoms with Gasteiger partial charge >= 0.3 is 0 Å². The number of rotatable bonds is 6. The number of ether oxygens (including phenoxy) is 2. The molecule has 96 valence electrons. The maximum absolute atomic E-state index is 10.6. The molecule has 1 rings (SSSR count). The van der Waals surface area contributed by atoms with Gasteiger partial charge in [0.1, 0.15) is 11.5 Å². The quantitative estimate of drug-likeness (QED) is 0.827. The molecule has 1 unspecified atom stereocenters. The van der Waals surface area contributed by atoms with Gasteiger partial charge in [-0.05, 0) is 30.5 Å². The number of methoxy groups -OCH3 is 2. The van der Waals surface area contributed by atoms with E-state index in [1.54, 1.807) is 14.2 Å². The largest absolute Gasteiger partial charge is 0.497 e. The van der Waals surface area contributed by atoms with Gasteiger partial charge in [-0.3, -0.25) is 0 Å². The van der Waals surface area contributed by atoms with E-state index < -0.39 is 5.60 Å². The fourth-order valence-corrected chi connectivity index (χ4v) is 2.01. The van der Waals surface area contributed by atoms with Crippen LogP contribution in [0.15, 0.2) is 18.2 Å². The minimum absolute atomic E-state index is 0.678. The monoisotopic (exact) mass is 238 g/mol. The molecule has 0 spiro atoms. The van der Waals surface area contributed by atoms with Gasteiger partial charge in [0.25, 0.3) is 0 Å². The highest BCUT2D eigenvalue weighted by molar-refractivity contribution is 5.41. The van der Waals surface area contributed by atoms with E-state index in [2.05, 4.69) is 6.92 Å². The zero-order chi connectivity index (χ0) is 12.9. The van der Waals surface area contributed by atoms with Crippen LogP contribution >= 0.6 is 0 Å². The van der Waals surface area contributed by atoms with E-state index in [0.717, 1.165) is 18.4 Å². The smallest absolute Gasteiger partial charge is 0.122 e. The summed E-state index contributed by atoms with van der Waals surface area (Å²) in [6, 6.07) is 5.56. The molecular formula is C14H22O3. The number of aliphatic hydroxyl groups is 1. The van der Waals surface area contributed by atoms with Crippen molar-refractivity contribution in [2.75, 3.05) is 14.2 Å². The molecular weight excluding hydrogens is 216 g/mol. The van der Waals surface area contributed by atoms with E-state index in [0.29, 0.717) is 17.9 Å². The summed E-state index contributed by atoms with van der Waals surface area (Å²) in [5.74, 6) is 1.42. The molecule has 1 atom stereocenters. The number of benzene rings is 1. The van der Waals surface area contributed by atoms with E-state index in [1.807, 2.05) is 25.1 Å². The Morgan fingerprint density at radius 3 is 1.94 bits per heavy atom. The second-order valence-electron chi connectivity index (χ2n) is 4.24. The highest BCUT2D eigenvalue weighted by atomic mass is 16.5. The Bertz CT molecular complexity index is 340. The van der Waals surface area contributed by atoms with E-state index in [9.17, 15) is 5.11 Å². The maximum atomic E-state index is 10.6. The molecule has 0 radical (unpaired) electrons. The molecule has 0 saturated carbocycles. The number of hydrogen-bond acceptors (Lipinski definition) is 3. The third-order valence-electron chi connectivity index (χ3n) is 3.14. The van der Waals surface area contributed by atoms with E-state index in [4.69, 9.17) is 9.47 Å². The molecule has 17 heavy (non-hydrogen) atoms. The Kier molecular flexibility index (Phi) is 4.82. The molecule has 0 bridgehead atoms. The molecule has 0 aliphatic rings. The van der Waals surface area contributed by atoms with Crippen LogP contribution in [0.4, 0.5) is 0 Å². The summed E-state index contributed by atoms with van der Waals surface area (Å²) in [5.41, 5.74) is 0.0642. The van der Waals surface area contributed by atoms with Crippen molar-refractivity contribution in [3.63, 3.8) is 0 Å². The van der Waals surface area contributed by atoms with Crippen molar-refractivity contribution in [2.45, 2.75) is 38.7 Å². The van der Waals surface area contributed by atoms with Gasteiger partial charge in [0.2, 0.25) is 0 Å².